The first-order valence-electron chi connectivity index (χ1n) is 11.0. The number of benzene rings is 1. The van der Waals surface area contributed by atoms with Crippen LogP contribution in [0.5, 0.6) is 0 Å². The molecular formula is C24H28N6O3S. The van der Waals surface area contributed by atoms with Gasteiger partial charge in [0, 0.05) is 25.0 Å². The van der Waals surface area contributed by atoms with E-state index >= 15 is 0 Å². The Kier molecular flexibility index (Phi) is 7.51. The van der Waals surface area contributed by atoms with Crippen LogP contribution >= 0.6 is 11.3 Å². The predicted molar refractivity (Wildman–Crippen MR) is 136 cm³/mol. The van der Waals surface area contributed by atoms with Gasteiger partial charge in [-0.2, -0.15) is 0 Å². The van der Waals surface area contributed by atoms with Gasteiger partial charge in [0.25, 0.3) is 5.91 Å². The first-order valence-corrected chi connectivity index (χ1v) is 11.8. The number of carbonyl (C=O) groups excluding carboxylic acids is 1. The first kappa shape index (κ1) is 23.8. The lowest BCUT2D eigenvalue weighted by Gasteiger charge is -2.29. The molecule has 2 fully saturated rings. The summed E-state index contributed by atoms with van der Waals surface area (Å²) in [5.41, 5.74) is 9.61. The van der Waals surface area contributed by atoms with Crippen molar-refractivity contribution in [3.63, 3.8) is 0 Å². The van der Waals surface area contributed by atoms with E-state index in [1.165, 1.54) is 16.9 Å². The number of morpholine rings is 1. The van der Waals surface area contributed by atoms with E-state index in [0.29, 0.717) is 42.5 Å². The molecule has 0 radical (unpaired) electrons. The molecule has 0 bridgehead atoms. The van der Waals surface area contributed by atoms with Crippen molar-refractivity contribution in [2.75, 3.05) is 50.2 Å². The van der Waals surface area contributed by atoms with E-state index in [9.17, 15) is 4.79 Å². The molecule has 0 aliphatic carbocycles. The fourth-order valence-corrected chi connectivity index (χ4v) is 4.66. The van der Waals surface area contributed by atoms with Gasteiger partial charge in [0.1, 0.15) is 0 Å². The van der Waals surface area contributed by atoms with Crippen molar-refractivity contribution in [3.8, 4) is 0 Å². The smallest absolute Gasteiger partial charge is 0.261 e. The van der Waals surface area contributed by atoms with E-state index in [2.05, 4.69) is 15.2 Å². The monoisotopic (exact) mass is 480 g/mol. The number of nitrogen functional groups attached to an aromatic ring is 1. The van der Waals surface area contributed by atoms with Crippen LogP contribution in [-0.4, -0.2) is 68.4 Å². The number of rotatable bonds is 5. The maximum absolute atomic E-state index is 12.5. The van der Waals surface area contributed by atoms with E-state index in [1.54, 1.807) is 6.07 Å². The highest BCUT2D eigenvalue weighted by Crippen LogP contribution is 2.34. The molecule has 0 atom stereocenters. The molecule has 2 aliphatic heterocycles. The van der Waals surface area contributed by atoms with E-state index in [1.807, 2.05) is 37.3 Å². The minimum Gasteiger partial charge on any atom is -0.399 e. The van der Waals surface area contributed by atoms with Crippen LogP contribution in [0.4, 0.5) is 11.4 Å². The fourth-order valence-electron chi connectivity index (χ4n) is 3.61. The highest BCUT2D eigenvalue weighted by molar-refractivity contribution is 7.21. The van der Waals surface area contributed by atoms with Gasteiger partial charge >= 0.3 is 0 Å². The predicted octanol–water partition coefficient (Wildman–Crippen LogP) is 2.86. The van der Waals surface area contributed by atoms with Gasteiger partial charge in [-0.15, -0.1) is 11.3 Å². The number of aryl methyl sites for hydroxylation is 1. The molecular weight excluding hydrogens is 452 g/mol. The molecule has 9 nitrogen and oxygen atoms in total. The van der Waals surface area contributed by atoms with Gasteiger partial charge in [0.2, 0.25) is 0 Å². The fraction of sp³-hybridized carbons (Fsp3) is 0.333. The standard InChI is InChI=1S/C17H19N5O3S.C7H9N/c18-7-11(19)12-5-14(22-1-3-24-4-2-22)16-13(21-12)6-15(26-16)17(23)20-10-8-25-9-10;1-6-3-2-4-7(8)5-6/h5-7,10,18-19H,1-4,8-9H2,(H,20,23);2-5H,8H2,1H3. The zero-order chi connectivity index (χ0) is 24.1. The molecule has 3 aromatic rings. The van der Waals surface area contributed by atoms with Gasteiger partial charge in [-0.1, -0.05) is 12.1 Å². The summed E-state index contributed by atoms with van der Waals surface area (Å²) in [7, 11) is 0. The SMILES string of the molecule is Cc1cccc(N)c1.N=CC(=N)c1cc(N2CCOCC2)c2sc(C(=O)NC3COC3)cc2n1. The number of hydrogen-bond acceptors (Lipinski definition) is 9. The van der Waals surface area contributed by atoms with Crippen LogP contribution < -0.4 is 16.0 Å². The third-order valence-electron chi connectivity index (χ3n) is 5.47. The minimum absolute atomic E-state index is 0.0465. The minimum atomic E-state index is -0.127. The Bertz CT molecular complexity index is 1180. The molecule has 178 valence electrons. The van der Waals surface area contributed by atoms with Crippen molar-refractivity contribution in [1.29, 1.82) is 10.8 Å². The molecule has 2 saturated heterocycles. The Morgan fingerprint density at radius 1 is 1.24 bits per heavy atom. The summed E-state index contributed by atoms with van der Waals surface area (Å²) >= 11 is 1.40. The summed E-state index contributed by atoms with van der Waals surface area (Å²) in [6.45, 7) is 5.90. The zero-order valence-electron chi connectivity index (χ0n) is 19.0. The summed E-state index contributed by atoms with van der Waals surface area (Å²) in [4.78, 5) is 19.8. The van der Waals surface area contributed by atoms with Crippen molar-refractivity contribution in [2.45, 2.75) is 13.0 Å². The van der Waals surface area contributed by atoms with Crippen LogP contribution in [0.3, 0.4) is 0 Å². The Labute approximate surface area is 201 Å². The molecule has 1 aromatic carbocycles. The van der Waals surface area contributed by atoms with E-state index in [0.717, 1.165) is 35.4 Å². The van der Waals surface area contributed by atoms with Gasteiger partial charge in [-0.05, 0) is 36.8 Å². The number of nitrogens with two attached hydrogens (primary N) is 1. The van der Waals surface area contributed by atoms with Crippen LogP contribution in [0, 0.1) is 17.7 Å². The highest BCUT2D eigenvalue weighted by Gasteiger charge is 2.24. The van der Waals surface area contributed by atoms with Crippen LogP contribution in [0.2, 0.25) is 0 Å². The number of nitrogens with zero attached hydrogens (tertiary/aromatic N) is 2. The van der Waals surface area contributed by atoms with Gasteiger partial charge in [0.15, 0.2) is 0 Å². The van der Waals surface area contributed by atoms with E-state index < -0.39 is 0 Å². The Morgan fingerprint density at radius 2 is 2.00 bits per heavy atom. The molecule has 2 aliphatic rings. The molecule has 0 spiro atoms. The number of fused-ring (bicyclic) bond motifs is 1. The number of carbonyl (C=O) groups is 1. The zero-order valence-corrected chi connectivity index (χ0v) is 19.8. The Balaban J connectivity index is 0.000000291. The highest BCUT2D eigenvalue weighted by atomic mass is 32.1. The quantitative estimate of drug-likeness (QED) is 0.327. The average Bonchev–Trinajstić information content (AvgIpc) is 3.25. The van der Waals surface area contributed by atoms with Crippen LogP contribution in [0.1, 0.15) is 20.9 Å². The second kappa shape index (κ2) is 10.7. The summed E-state index contributed by atoms with van der Waals surface area (Å²) < 4.78 is 11.4. The summed E-state index contributed by atoms with van der Waals surface area (Å²) in [5.74, 6) is -0.127. The second-order valence-corrected chi connectivity index (χ2v) is 9.18. The number of anilines is 2. The van der Waals surface area contributed by atoms with Crippen LogP contribution in [0.25, 0.3) is 10.2 Å². The number of ether oxygens (including phenoxy) is 2. The Hall–Kier alpha value is -3.34. The van der Waals surface area contributed by atoms with Crippen LogP contribution in [0.15, 0.2) is 36.4 Å². The molecule has 5 N–H and O–H groups in total. The molecule has 1 amide bonds. The van der Waals surface area contributed by atoms with Gasteiger partial charge in [-0.25, -0.2) is 4.98 Å². The van der Waals surface area contributed by atoms with Crippen molar-refractivity contribution in [1.82, 2.24) is 10.3 Å². The molecule has 5 rings (SSSR count). The van der Waals surface area contributed by atoms with E-state index in [4.69, 9.17) is 26.0 Å². The molecule has 0 unspecified atom stereocenters. The van der Waals surface area contributed by atoms with Crippen molar-refractivity contribution in [3.05, 3.63) is 52.5 Å². The number of nitrogens with one attached hydrogen (secondary N) is 3. The molecule has 10 heteroatoms. The number of hydrogen-bond donors (Lipinski definition) is 4. The van der Waals surface area contributed by atoms with Crippen molar-refractivity contribution >= 4 is 50.8 Å². The molecule has 2 aromatic heterocycles. The summed E-state index contributed by atoms with van der Waals surface area (Å²) in [6.07, 6.45) is 0.980. The summed E-state index contributed by atoms with van der Waals surface area (Å²) in [6, 6.07) is 11.5. The number of amides is 1. The lowest BCUT2D eigenvalue weighted by atomic mass is 10.2. The van der Waals surface area contributed by atoms with Gasteiger partial charge in [0.05, 0.1) is 64.7 Å². The topological polar surface area (TPSA) is 137 Å². The van der Waals surface area contributed by atoms with E-state index in [-0.39, 0.29) is 17.7 Å². The van der Waals surface area contributed by atoms with Gasteiger partial charge < -0.3 is 30.8 Å². The first-order chi connectivity index (χ1) is 16.4. The lowest BCUT2D eigenvalue weighted by molar-refractivity contribution is -0.00338. The molecule has 34 heavy (non-hydrogen) atoms. The normalized spacial score (nSPS) is 15.7. The lowest BCUT2D eigenvalue weighted by Crippen LogP contribution is -2.48. The third-order valence-corrected chi connectivity index (χ3v) is 6.62. The maximum atomic E-state index is 12.5. The second-order valence-electron chi connectivity index (χ2n) is 8.13. The Morgan fingerprint density at radius 3 is 2.59 bits per heavy atom. The third kappa shape index (κ3) is 5.58. The van der Waals surface area contributed by atoms with Crippen molar-refractivity contribution < 1.29 is 14.3 Å². The molecule has 4 heterocycles. The number of aromatic nitrogens is 1. The molecule has 0 saturated carbocycles. The largest absolute Gasteiger partial charge is 0.399 e. The van der Waals surface area contributed by atoms with Crippen molar-refractivity contribution in [2.24, 2.45) is 0 Å². The number of thiophene rings is 1. The number of pyridine rings is 1. The van der Waals surface area contributed by atoms with Gasteiger partial charge in [-0.3, -0.25) is 10.2 Å². The maximum Gasteiger partial charge on any atom is 0.261 e. The van der Waals surface area contributed by atoms with Crippen LogP contribution in [-0.2, 0) is 9.47 Å². The average molecular weight is 481 g/mol. The summed E-state index contributed by atoms with van der Waals surface area (Å²) in [5, 5.41) is 18.2.